The Bertz CT molecular complexity index is 1190. The number of nitro benzene ring substituents is 1. The number of fused-ring (bicyclic) bond motifs is 1. The van der Waals surface area contributed by atoms with Crippen LogP contribution in [0.5, 0.6) is 0 Å². The first-order chi connectivity index (χ1) is 16.5. The molecule has 2 aromatic carbocycles. The standard InChI is InChI=1S/C25H30N4O5/c30-24(6-5-15-28-22-12-11-21(29(32)33)16-23(22)34-25(28)31)26-17-19-7-9-20(10-8-19)18-27-13-3-1-2-4-14-27/h7-12,16H,1-6,13-15,17-18H2,(H,26,30). The molecule has 1 saturated heterocycles. The van der Waals surface area contributed by atoms with Crippen LogP contribution >= 0.6 is 0 Å². The molecule has 1 aliphatic heterocycles. The molecule has 9 heteroatoms. The number of carbonyl (C=O) groups excluding carboxylic acids is 1. The molecule has 4 rings (SSSR count). The lowest BCUT2D eigenvalue weighted by Gasteiger charge is -2.19. The van der Waals surface area contributed by atoms with Crippen molar-refractivity contribution in [2.45, 2.75) is 58.2 Å². The molecule has 1 aromatic heterocycles. The van der Waals surface area contributed by atoms with Crippen LogP contribution < -0.4 is 11.1 Å². The second-order valence-corrected chi connectivity index (χ2v) is 8.82. The van der Waals surface area contributed by atoms with Gasteiger partial charge < -0.3 is 9.73 Å². The smallest absolute Gasteiger partial charge is 0.407 e. The average Bonchev–Trinajstić information content (AvgIpc) is 2.97. The van der Waals surface area contributed by atoms with Crippen LogP contribution in [0.4, 0.5) is 5.69 Å². The average molecular weight is 467 g/mol. The molecule has 34 heavy (non-hydrogen) atoms. The van der Waals surface area contributed by atoms with E-state index < -0.39 is 10.7 Å². The molecule has 1 aliphatic rings. The Kier molecular flexibility index (Phi) is 7.74. The van der Waals surface area contributed by atoms with Crippen molar-refractivity contribution >= 4 is 22.7 Å². The van der Waals surface area contributed by atoms with Crippen LogP contribution in [0.15, 0.2) is 51.7 Å². The van der Waals surface area contributed by atoms with Crippen LogP contribution in [0.2, 0.25) is 0 Å². The molecule has 0 unspecified atom stereocenters. The highest BCUT2D eigenvalue weighted by Crippen LogP contribution is 2.20. The van der Waals surface area contributed by atoms with Gasteiger partial charge in [-0.25, -0.2) is 4.79 Å². The van der Waals surface area contributed by atoms with Gasteiger partial charge in [0.25, 0.3) is 5.69 Å². The fourth-order valence-corrected chi connectivity index (χ4v) is 4.38. The van der Waals surface area contributed by atoms with E-state index in [0.717, 1.165) is 12.1 Å². The summed E-state index contributed by atoms with van der Waals surface area (Å²) in [6.07, 6.45) is 5.92. The van der Waals surface area contributed by atoms with E-state index in [-0.39, 0.29) is 23.6 Å². The SMILES string of the molecule is O=C(CCCn1c(=O)oc2cc([N+](=O)[O-])ccc21)NCc1ccc(CN2CCCCCC2)cc1. The Balaban J connectivity index is 1.23. The molecular formula is C25H30N4O5. The lowest BCUT2D eigenvalue weighted by molar-refractivity contribution is -0.384. The normalized spacial score (nSPS) is 14.7. The zero-order valence-corrected chi connectivity index (χ0v) is 19.2. The predicted octanol–water partition coefficient (Wildman–Crippen LogP) is 3.98. The van der Waals surface area contributed by atoms with E-state index in [9.17, 15) is 19.7 Å². The number of likely N-dealkylation sites (tertiary alicyclic amines) is 1. The summed E-state index contributed by atoms with van der Waals surface area (Å²) >= 11 is 0. The van der Waals surface area contributed by atoms with E-state index in [1.54, 1.807) is 0 Å². The van der Waals surface area contributed by atoms with Crippen molar-refractivity contribution in [2.24, 2.45) is 0 Å². The third-order valence-electron chi connectivity index (χ3n) is 6.27. The van der Waals surface area contributed by atoms with Crippen molar-refractivity contribution in [1.29, 1.82) is 0 Å². The second-order valence-electron chi connectivity index (χ2n) is 8.82. The predicted molar refractivity (Wildman–Crippen MR) is 128 cm³/mol. The van der Waals surface area contributed by atoms with Gasteiger partial charge in [-0.05, 0) is 49.5 Å². The highest BCUT2D eigenvalue weighted by Gasteiger charge is 2.14. The molecule has 9 nitrogen and oxygen atoms in total. The van der Waals surface area contributed by atoms with Gasteiger partial charge in [-0.15, -0.1) is 0 Å². The number of benzene rings is 2. The van der Waals surface area contributed by atoms with Gasteiger partial charge in [-0.3, -0.25) is 24.4 Å². The fourth-order valence-electron chi connectivity index (χ4n) is 4.38. The quantitative estimate of drug-likeness (QED) is 0.377. The molecule has 1 fully saturated rings. The van der Waals surface area contributed by atoms with Crippen molar-refractivity contribution in [3.8, 4) is 0 Å². The van der Waals surface area contributed by atoms with Crippen molar-refractivity contribution in [3.63, 3.8) is 0 Å². The third-order valence-corrected chi connectivity index (χ3v) is 6.27. The summed E-state index contributed by atoms with van der Waals surface area (Å²) in [6, 6.07) is 12.4. The molecule has 0 spiro atoms. The Hall–Kier alpha value is -3.46. The molecule has 180 valence electrons. The van der Waals surface area contributed by atoms with Gasteiger partial charge >= 0.3 is 5.76 Å². The number of non-ortho nitro benzene ring substituents is 1. The van der Waals surface area contributed by atoms with Crippen molar-refractivity contribution in [2.75, 3.05) is 13.1 Å². The van der Waals surface area contributed by atoms with Crippen LogP contribution in [0.3, 0.4) is 0 Å². The second kappa shape index (κ2) is 11.1. The first-order valence-electron chi connectivity index (χ1n) is 11.8. The molecule has 0 atom stereocenters. The van der Waals surface area contributed by atoms with E-state index in [1.807, 2.05) is 0 Å². The summed E-state index contributed by atoms with van der Waals surface area (Å²) in [5.41, 5.74) is 2.86. The van der Waals surface area contributed by atoms with Crippen LogP contribution in [0.1, 0.15) is 49.7 Å². The number of hydrogen-bond acceptors (Lipinski definition) is 6. The zero-order valence-electron chi connectivity index (χ0n) is 19.2. The summed E-state index contributed by atoms with van der Waals surface area (Å²) in [6.45, 7) is 4.06. The molecule has 1 N–H and O–H groups in total. The van der Waals surface area contributed by atoms with Gasteiger partial charge in [0.15, 0.2) is 5.58 Å². The van der Waals surface area contributed by atoms with Crippen LogP contribution in [-0.4, -0.2) is 33.4 Å². The van der Waals surface area contributed by atoms with Crippen molar-refractivity contribution in [3.05, 3.63) is 74.3 Å². The minimum atomic E-state index is -0.587. The first-order valence-corrected chi connectivity index (χ1v) is 11.8. The van der Waals surface area contributed by atoms with E-state index in [2.05, 4.69) is 34.5 Å². The maximum absolute atomic E-state index is 12.3. The monoisotopic (exact) mass is 466 g/mol. The molecule has 0 saturated carbocycles. The molecule has 2 heterocycles. The number of nitro groups is 1. The van der Waals surface area contributed by atoms with Crippen LogP contribution in [0.25, 0.3) is 11.1 Å². The molecule has 0 radical (unpaired) electrons. The minimum Gasteiger partial charge on any atom is -0.407 e. The third kappa shape index (κ3) is 6.11. The zero-order chi connectivity index (χ0) is 23.9. The molecule has 0 bridgehead atoms. The Morgan fingerprint density at radius 3 is 2.44 bits per heavy atom. The summed E-state index contributed by atoms with van der Waals surface area (Å²) in [5, 5.41) is 13.8. The van der Waals surface area contributed by atoms with Crippen LogP contribution in [0, 0.1) is 10.1 Å². The number of carbonyl (C=O) groups is 1. The van der Waals surface area contributed by atoms with Crippen molar-refractivity contribution < 1.29 is 14.1 Å². The summed E-state index contributed by atoms with van der Waals surface area (Å²) in [7, 11) is 0. The molecule has 1 amide bonds. The maximum Gasteiger partial charge on any atom is 0.419 e. The number of aryl methyl sites for hydroxylation is 1. The van der Waals surface area contributed by atoms with Gasteiger partial charge in [-0.1, -0.05) is 37.1 Å². The van der Waals surface area contributed by atoms with E-state index >= 15 is 0 Å². The van der Waals surface area contributed by atoms with Crippen LogP contribution in [-0.2, 0) is 24.4 Å². The van der Waals surface area contributed by atoms with E-state index in [4.69, 9.17) is 4.42 Å². The number of oxazole rings is 1. The van der Waals surface area contributed by atoms with E-state index in [0.29, 0.717) is 25.0 Å². The highest BCUT2D eigenvalue weighted by molar-refractivity contribution is 5.76. The van der Waals surface area contributed by atoms with E-state index in [1.165, 1.54) is 67.1 Å². The number of rotatable bonds is 9. The Morgan fingerprint density at radius 2 is 1.74 bits per heavy atom. The summed E-state index contributed by atoms with van der Waals surface area (Å²) < 4.78 is 6.51. The minimum absolute atomic E-state index is 0.0925. The Morgan fingerprint density at radius 1 is 1.03 bits per heavy atom. The number of aromatic nitrogens is 1. The first kappa shape index (κ1) is 23.7. The lowest BCUT2D eigenvalue weighted by atomic mass is 10.1. The topological polar surface area (TPSA) is 111 Å². The molecule has 3 aromatic rings. The Labute approximate surface area is 197 Å². The molecular weight excluding hydrogens is 436 g/mol. The number of nitrogens with zero attached hydrogens (tertiary/aromatic N) is 3. The van der Waals surface area contributed by atoms with Crippen molar-refractivity contribution in [1.82, 2.24) is 14.8 Å². The number of nitrogens with one attached hydrogen (secondary N) is 1. The number of hydrogen-bond donors (Lipinski definition) is 1. The highest BCUT2D eigenvalue weighted by atomic mass is 16.6. The van der Waals surface area contributed by atoms with Gasteiger partial charge in [-0.2, -0.15) is 0 Å². The summed E-state index contributed by atoms with van der Waals surface area (Å²) in [5.74, 6) is -0.679. The lowest BCUT2D eigenvalue weighted by Crippen LogP contribution is -2.24. The molecule has 0 aliphatic carbocycles. The fraction of sp³-hybridized carbons (Fsp3) is 0.440. The van der Waals surface area contributed by atoms with Gasteiger partial charge in [0, 0.05) is 32.1 Å². The largest absolute Gasteiger partial charge is 0.419 e. The maximum atomic E-state index is 12.3. The summed E-state index contributed by atoms with van der Waals surface area (Å²) in [4.78, 5) is 37.2. The van der Waals surface area contributed by atoms with Gasteiger partial charge in [0.2, 0.25) is 5.91 Å². The van der Waals surface area contributed by atoms with Gasteiger partial charge in [0.1, 0.15) is 0 Å². The number of amides is 1. The van der Waals surface area contributed by atoms with Gasteiger partial charge in [0.05, 0.1) is 16.5 Å².